The van der Waals surface area contributed by atoms with E-state index in [0.717, 1.165) is 11.1 Å². The van der Waals surface area contributed by atoms with E-state index in [1.165, 1.54) is 0 Å². The summed E-state index contributed by atoms with van der Waals surface area (Å²) in [6.45, 7) is 3.63. The van der Waals surface area contributed by atoms with Crippen molar-refractivity contribution in [3.8, 4) is 11.6 Å². The first kappa shape index (κ1) is 12.9. The van der Waals surface area contributed by atoms with Crippen molar-refractivity contribution in [2.45, 2.75) is 20.0 Å². The van der Waals surface area contributed by atoms with Gasteiger partial charge in [0.2, 0.25) is 5.88 Å². The minimum absolute atomic E-state index is 0.443. The van der Waals surface area contributed by atoms with Crippen LogP contribution in [0, 0.1) is 6.92 Å². The van der Waals surface area contributed by atoms with Gasteiger partial charge < -0.3 is 9.84 Å². The highest BCUT2D eigenvalue weighted by Gasteiger charge is 2.06. The second kappa shape index (κ2) is 5.38. The molecular weight excluding hydrogens is 250 g/mol. The molecule has 1 aromatic carbocycles. The normalized spacial score (nSPS) is 12.2. The van der Waals surface area contributed by atoms with Crippen molar-refractivity contribution in [3.05, 3.63) is 52.7 Å². The van der Waals surface area contributed by atoms with E-state index in [-0.39, 0.29) is 0 Å². The van der Waals surface area contributed by atoms with Crippen LogP contribution in [0.2, 0.25) is 5.02 Å². The van der Waals surface area contributed by atoms with E-state index in [1.54, 1.807) is 31.3 Å². The summed E-state index contributed by atoms with van der Waals surface area (Å²) in [5.74, 6) is 1.11. The minimum Gasteiger partial charge on any atom is -0.439 e. The Bertz CT molecular complexity index is 555. The summed E-state index contributed by atoms with van der Waals surface area (Å²) in [4.78, 5) is 4.11. The topological polar surface area (TPSA) is 42.4 Å². The van der Waals surface area contributed by atoms with Crippen LogP contribution in [-0.2, 0) is 0 Å². The second-order valence-electron chi connectivity index (χ2n) is 4.12. The van der Waals surface area contributed by atoms with Gasteiger partial charge in [-0.15, -0.1) is 0 Å². The Kier molecular flexibility index (Phi) is 3.84. The van der Waals surface area contributed by atoms with E-state index >= 15 is 0 Å². The van der Waals surface area contributed by atoms with Crippen LogP contribution in [0.25, 0.3) is 0 Å². The van der Waals surface area contributed by atoms with Crippen LogP contribution >= 0.6 is 11.6 Å². The van der Waals surface area contributed by atoms with E-state index in [1.807, 2.05) is 19.1 Å². The maximum atomic E-state index is 9.51. The standard InChI is InChI=1S/C14H14ClNO2/c1-9-3-4-12(15)8-13(9)18-14-7-11(10(2)17)5-6-16-14/h3-8,10,17H,1-2H3. The number of ether oxygens (including phenoxy) is 1. The van der Waals surface area contributed by atoms with Gasteiger partial charge in [-0.05, 0) is 43.2 Å². The van der Waals surface area contributed by atoms with E-state index in [9.17, 15) is 5.11 Å². The number of nitrogens with zero attached hydrogens (tertiary/aromatic N) is 1. The van der Waals surface area contributed by atoms with Crippen LogP contribution < -0.4 is 4.74 Å². The van der Waals surface area contributed by atoms with Crippen molar-refractivity contribution >= 4 is 11.6 Å². The fraction of sp³-hybridized carbons (Fsp3) is 0.214. The zero-order valence-corrected chi connectivity index (χ0v) is 11.0. The lowest BCUT2D eigenvalue weighted by atomic mass is 10.2. The van der Waals surface area contributed by atoms with Gasteiger partial charge in [0.05, 0.1) is 6.10 Å². The summed E-state index contributed by atoms with van der Waals surface area (Å²) in [5.41, 5.74) is 1.74. The van der Waals surface area contributed by atoms with Crippen LogP contribution in [0.5, 0.6) is 11.6 Å². The highest BCUT2D eigenvalue weighted by Crippen LogP contribution is 2.27. The van der Waals surface area contributed by atoms with Crippen LogP contribution in [0.4, 0.5) is 0 Å². The molecule has 94 valence electrons. The molecule has 1 unspecified atom stereocenters. The molecule has 2 aromatic rings. The molecule has 0 fully saturated rings. The maximum absolute atomic E-state index is 9.51. The van der Waals surface area contributed by atoms with Gasteiger partial charge in [-0.3, -0.25) is 0 Å². The van der Waals surface area contributed by atoms with Crippen molar-refractivity contribution in [1.82, 2.24) is 4.98 Å². The van der Waals surface area contributed by atoms with Gasteiger partial charge in [0.25, 0.3) is 0 Å². The maximum Gasteiger partial charge on any atom is 0.219 e. The number of aliphatic hydroxyl groups is 1. The summed E-state index contributed by atoms with van der Waals surface area (Å²) >= 11 is 5.92. The molecule has 0 aliphatic carbocycles. The molecule has 0 aliphatic heterocycles. The third-order valence-corrected chi connectivity index (χ3v) is 2.84. The van der Waals surface area contributed by atoms with Gasteiger partial charge in [0.1, 0.15) is 5.75 Å². The zero-order valence-electron chi connectivity index (χ0n) is 10.2. The minimum atomic E-state index is -0.546. The molecule has 3 nitrogen and oxygen atoms in total. The molecule has 1 atom stereocenters. The summed E-state index contributed by atoms with van der Waals surface area (Å²) in [7, 11) is 0. The third-order valence-electron chi connectivity index (χ3n) is 2.61. The summed E-state index contributed by atoms with van der Waals surface area (Å²) in [6.07, 6.45) is 1.06. The number of aromatic nitrogens is 1. The van der Waals surface area contributed by atoms with Crippen LogP contribution in [-0.4, -0.2) is 10.1 Å². The van der Waals surface area contributed by atoms with E-state index in [4.69, 9.17) is 16.3 Å². The predicted molar refractivity (Wildman–Crippen MR) is 71.1 cm³/mol. The van der Waals surface area contributed by atoms with E-state index in [2.05, 4.69) is 4.98 Å². The molecule has 1 aromatic heterocycles. The Morgan fingerprint density at radius 1 is 1.28 bits per heavy atom. The molecule has 0 aliphatic rings. The Balaban J connectivity index is 2.28. The highest BCUT2D eigenvalue weighted by atomic mass is 35.5. The SMILES string of the molecule is Cc1ccc(Cl)cc1Oc1cc(C(C)O)ccn1. The molecule has 0 saturated carbocycles. The first-order valence-corrected chi connectivity index (χ1v) is 6.02. The Morgan fingerprint density at radius 2 is 2.06 bits per heavy atom. The fourth-order valence-electron chi connectivity index (χ4n) is 1.54. The molecular formula is C14H14ClNO2. The molecule has 2 rings (SSSR count). The molecule has 18 heavy (non-hydrogen) atoms. The van der Waals surface area contributed by atoms with E-state index < -0.39 is 6.10 Å². The lowest BCUT2D eigenvalue weighted by molar-refractivity contribution is 0.198. The molecule has 0 radical (unpaired) electrons. The number of halogens is 1. The molecule has 0 bridgehead atoms. The van der Waals surface area contributed by atoms with Gasteiger partial charge in [0.15, 0.2) is 0 Å². The molecule has 1 N–H and O–H groups in total. The number of rotatable bonds is 3. The lowest BCUT2D eigenvalue weighted by Gasteiger charge is -2.10. The number of hydrogen-bond acceptors (Lipinski definition) is 3. The lowest BCUT2D eigenvalue weighted by Crippen LogP contribution is -1.95. The smallest absolute Gasteiger partial charge is 0.219 e. The summed E-state index contributed by atoms with van der Waals surface area (Å²) in [6, 6.07) is 8.90. The van der Waals surface area contributed by atoms with Crippen molar-refractivity contribution in [3.63, 3.8) is 0 Å². The van der Waals surface area contributed by atoms with Gasteiger partial charge in [-0.25, -0.2) is 4.98 Å². The predicted octanol–water partition coefficient (Wildman–Crippen LogP) is 3.89. The number of aryl methyl sites for hydroxylation is 1. The van der Waals surface area contributed by atoms with Crippen molar-refractivity contribution in [2.75, 3.05) is 0 Å². The molecule has 4 heteroatoms. The molecule has 0 spiro atoms. The van der Waals surface area contributed by atoms with Crippen molar-refractivity contribution in [1.29, 1.82) is 0 Å². The van der Waals surface area contributed by atoms with Crippen molar-refractivity contribution < 1.29 is 9.84 Å². The largest absolute Gasteiger partial charge is 0.439 e. The number of aliphatic hydroxyl groups excluding tert-OH is 1. The van der Waals surface area contributed by atoms with E-state index in [0.29, 0.717) is 16.7 Å². The van der Waals surface area contributed by atoms with Crippen LogP contribution in [0.1, 0.15) is 24.2 Å². The Labute approximate surface area is 111 Å². The number of hydrogen-bond donors (Lipinski definition) is 1. The van der Waals surface area contributed by atoms with Gasteiger partial charge in [-0.1, -0.05) is 17.7 Å². The molecule has 1 heterocycles. The first-order chi connectivity index (χ1) is 8.56. The van der Waals surface area contributed by atoms with Gasteiger partial charge in [-0.2, -0.15) is 0 Å². The highest BCUT2D eigenvalue weighted by molar-refractivity contribution is 6.30. The summed E-state index contributed by atoms with van der Waals surface area (Å²) in [5, 5.41) is 10.1. The van der Waals surface area contributed by atoms with Gasteiger partial charge >= 0.3 is 0 Å². The first-order valence-electron chi connectivity index (χ1n) is 5.64. The van der Waals surface area contributed by atoms with Crippen LogP contribution in [0.3, 0.4) is 0 Å². The summed E-state index contributed by atoms with van der Waals surface area (Å²) < 4.78 is 5.67. The Hall–Kier alpha value is -1.58. The fourth-order valence-corrected chi connectivity index (χ4v) is 1.70. The number of benzene rings is 1. The van der Waals surface area contributed by atoms with Crippen molar-refractivity contribution in [2.24, 2.45) is 0 Å². The molecule has 0 amide bonds. The average Bonchev–Trinajstić information content (AvgIpc) is 2.34. The number of pyridine rings is 1. The zero-order chi connectivity index (χ0) is 13.1. The molecule has 0 saturated heterocycles. The second-order valence-corrected chi connectivity index (χ2v) is 4.55. The quantitative estimate of drug-likeness (QED) is 0.914. The van der Waals surface area contributed by atoms with Gasteiger partial charge in [0, 0.05) is 17.3 Å². The average molecular weight is 264 g/mol. The third kappa shape index (κ3) is 3.00. The van der Waals surface area contributed by atoms with Crippen LogP contribution in [0.15, 0.2) is 36.5 Å². The Morgan fingerprint density at radius 3 is 2.78 bits per heavy atom. The monoisotopic (exact) mass is 263 g/mol.